The third-order valence-electron chi connectivity index (χ3n) is 1.14. The minimum Gasteiger partial charge on any atom is -0.317 e. The Bertz CT molecular complexity index is 114. The molecule has 0 rings (SSSR count). The topological polar surface area (TPSA) is 12.0 Å². The van der Waals surface area contributed by atoms with Gasteiger partial charge in [-0.1, -0.05) is 31.2 Å². The van der Waals surface area contributed by atoms with E-state index in [9.17, 15) is 0 Å². The van der Waals surface area contributed by atoms with Crippen LogP contribution < -0.4 is 5.32 Å². The molecule has 0 aromatic rings. The molecule has 0 heterocycles. The summed E-state index contributed by atoms with van der Waals surface area (Å²) in [6.45, 7) is 10.0. The van der Waals surface area contributed by atoms with Crippen molar-refractivity contribution in [1.29, 1.82) is 0 Å². The Labute approximate surface area is 63.8 Å². The van der Waals surface area contributed by atoms with E-state index in [2.05, 4.69) is 31.0 Å². The lowest BCUT2D eigenvalue weighted by atomic mass is 10.3. The molecule has 1 nitrogen and oxygen atoms in total. The summed E-state index contributed by atoms with van der Waals surface area (Å²) in [7, 11) is 0. The summed E-state index contributed by atoms with van der Waals surface area (Å²) in [4.78, 5) is 0. The number of rotatable bonds is 5. The second-order valence-electron chi connectivity index (χ2n) is 2.39. The maximum atomic E-state index is 3.77. The van der Waals surface area contributed by atoms with Crippen LogP contribution in [0.4, 0.5) is 0 Å². The average molecular weight is 139 g/mol. The highest BCUT2D eigenvalue weighted by Gasteiger charge is 1.78. The first-order valence-electron chi connectivity index (χ1n) is 3.80. The third-order valence-corrected chi connectivity index (χ3v) is 1.14. The van der Waals surface area contributed by atoms with Gasteiger partial charge in [-0.25, -0.2) is 0 Å². The molecule has 0 amide bonds. The molecule has 0 aliphatic rings. The molecule has 0 spiro atoms. The molecule has 1 heteroatoms. The van der Waals surface area contributed by atoms with Gasteiger partial charge in [0.1, 0.15) is 0 Å². The first-order chi connectivity index (χ1) is 4.77. The summed E-state index contributed by atoms with van der Waals surface area (Å²) in [6.07, 6.45) is 5.29. The standard InChI is InChI=1S/C9H17N/c1-4-10-8-6-5-7-9(2)3/h5,7,10H,2,4,6,8H2,1,3H3. The van der Waals surface area contributed by atoms with Crippen LogP contribution >= 0.6 is 0 Å². The van der Waals surface area contributed by atoms with Gasteiger partial charge in [0.25, 0.3) is 0 Å². The Balaban J connectivity index is 3.10. The van der Waals surface area contributed by atoms with Crippen LogP contribution in [0.15, 0.2) is 24.3 Å². The van der Waals surface area contributed by atoms with E-state index in [1.54, 1.807) is 0 Å². The highest BCUT2D eigenvalue weighted by Crippen LogP contribution is 1.90. The molecule has 0 atom stereocenters. The lowest BCUT2D eigenvalue weighted by Crippen LogP contribution is -2.12. The minimum absolute atomic E-state index is 1.06. The maximum Gasteiger partial charge on any atom is -0.00143 e. The SMILES string of the molecule is C=C(C)C=CCCNCC. The molecule has 0 aromatic heterocycles. The third kappa shape index (κ3) is 7.44. The Kier molecular flexibility index (Phi) is 6.19. The monoisotopic (exact) mass is 139 g/mol. The average Bonchev–Trinajstić information content (AvgIpc) is 1.87. The second-order valence-corrected chi connectivity index (χ2v) is 2.39. The smallest absolute Gasteiger partial charge is 0.00143 e. The first kappa shape index (κ1) is 9.44. The molecule has 1 N–H and O–H groups in total. The van der Waals surface area contributed by atoms with Gasteiger partial charge in [-0.05, 0) is 26.4 Å². The maximum absolute atomic E-state index is 3.77. The summed E-state index contributed by atoms with van der Waals surface area (Å²) in [5.74, 6) is 0. The van der Waals surface area contributed by atoms with Gasteiger partial charge in [-0.2, -0.15) is 0 Å². The van der Waals surface area contributed by atoms with E-state index in [0.717, 1.165) is 25.1 Å². The van der Waals surface area contributed by atoms with Crippen molar-refractivity contribution in [1.82, 2.24) is 5.32 Å². The van der Waals surface area contributed by atoms with E-state index >= 15 is 0 Å². The number of hydrogen-bond acceptors (Lipinski definition) is 1. The molecule has 58 valence electrons. The van der Waals surface area contributed by atoms with E-state index in [-0.39, 0.29) is 0 Å². The number of nitrogens with one attached hydrogen (secondary N) is 1. The van der Waals surface area contributed by atoms with Gasteiger partial charge in [0.15, 0.2) is 0 Å². The zero-order valence-electron chi connectivity index (χ0n) is 6.98. The quantitative estimate of drug-likeness (QED) is 0.454. The van der Waals surface area contributed by atoms with Crippen LogP contribution in [0.2, 0.25) is 0 Å². The van der Waals surface area contributed by atoms with Gasteiger partial charge in [-0.15, -0.1) is 0 Å². The molecular weight excluding hydrogens is 122 g/mol. The van der Waals surface area contributed by atoms with Crippen molar-refractivity contribution < 1.29 is 0 Å². The Morgan fingerprint density at radius 2 is 2.30 bits per heavy atom. The highest BCUT2D eigenvalue weighted by molar-refractivity contribution is 5.10. The first-order valence-corrected chi connectivity index (χ1v) is 3.80. The molecule has 0 aliphatic carbocycles. The fourth-order valence-corrected chi connectivity index (χ4v) is 0.647. The van der Waals surface area contributed by atoms with Crippen LogP contribution in [0.5, 0.6) is 0 Å². The summed E-state index contributed by atoms with van der Waals surface area (Å²) >= 11 is 0. The molecule has 0 saturated heterocycles. The summed E-state index contributed by atoms with van der Waals surface area (Å²) < 4.78 is 0. The van der Waals surface area contributed by atoms with Crippen molar-refractivity contribution >= 4 is 0 Å². The van der Waals surface area contributed by atoms with Crippen LogP contribution in [0.25, 0.3) is 0 Å². The van der Waals surface area contributed by atoms with Crippen molar-refractivity contribution in [3.05, 3.63) is 24.3 Å². The van der Waals surface area contributed by atoms with Gasteiger partial charge >= 0.3 is 0 Å². The lowest BCUT2D eigenvalue weighted by Gasteiger charge is -1.94. The van der Waals surface area contributed by atoms with E-state index in [1.807, 2.05) is 6.92 Å². The Morgan fingerprint density at radius 3 is 2.80 bits per heavy atom. The van der Waals surface area contributed by atoms with Gasteiger partial charge in [0.2, 0.25) is 0 Å². The molecule has 0 unspecified atom stereocenters. The Hall–Kier alpha value is -0.560. The largest absolute Gasteiger partial charge is 0.317 e. The predicted octanol–water partition coefficient (Wildman–Crippen LogP) is 2.12. The van der Waals surface area contributed by atoms with Crippen molar-refractivity contribution in [2.45, 2.75) is 20.3 Å². The molecule has 0 aromatic carbocycles. The molecule has 0 bridgehead atoms. The number of hydrogen-bond donors (Lipinski definition) is 1. The van der Waals surface area contributed by atoms with Crippen LogP contribution in [-0.4, -0.2) is 13.1 Å². The zero-order valence-corrected chi connectivity index (χ0v) is 6.98. The van der Waals surface area contributed by atoms with E-state index in [0.29, 0.717) is 0 Å². The Morgan fingerprint density at radius 1 is 1.60 bits per heavy atom. The summed E-state index contributed by atoms with van der Waals surface area (Å²) in [6, 6.07) is 0. The molecular formula is C9H17N. The molecule has 0 aliphatic heterocycles. The molecule has 0 fully saturated rings. The second kappa shape index (κ2) is 6.56. The van der Waals surface area contributed by atoms with Gasteiger partial charge in [0, 0.05) is 0 Å². The van der Waals surface area contributed by atoms with E-state index in [4.69, 9.17) is 0 Å². The highest BCUT2D eigenvalue weighted by atomic mass is 14.8. The van der Waals surface area contributed by atoms with E-state index < -0.39 is 0 Å². The normalized spacial score (nSPS) is 10.6. The fraction of sp³-hybridized carbons (Fsp3) is 0.556. The van der Waals surface area contributed by atoms with E-state index in [1.165, 1.54) is 0 Å². The summed E-state index contributed by atoms with van der Waals surface area (Å²) in [5.41, 5.74) is 1.12. The van der Waals surface area contributed by atoms with Crippen molar-refractivity contribution in [3.8, 4) is 0 Å². The number of allylic oxidation sites excluding steroid dienone is 2. The van der Waals surface area contributed by atoms with Crippen molar-refractivity contribution in [3.63, 3.8) is 0 Å². The van der Waals surface area contributed by atoms with Crippen LogP contribution in [-0.2, 0) is 0 Å². The van der Waals surface area contributed by atoms with Crippen molar-refractivity contribution in [2.75, 3.05) is 13.1 Å². The summed E-state index contributed by atoms with van der Waals surface area (Å²) in [5, 5.41) is 3.24. The fourth-order valence-electron chi connectivity index (χ4n) is 0.647. The van der Waals surface area contributed by atoms with Gasteiger partial charge in [-0.3, -0.25) is 0 Å². The van der Waals surface area contributed by atoms with Crippen molar-refractivity contribution in [2.24, 2.45) is 0 Å². The zero-order chi connectivity index (χ0) is 7.82. The van der Waals surface area contributed by atoms with Crippen LogP contribution in [0, 0.1) is 0 Å². The molecule has 10 heavy (non-hydrogen) atoms. The van der Waals surface area contributed by atoms with Gasteiger partial charge < -0.3 is 5.32 Å². The predicted molar refractivity (Wildman–Crippen MR) is 47.1 cm³/mol. The molecule has 0 saturated carbocycles. The van der Waals surface area contributed by atoms with Crippen LogP contribution in [0.3, 0.4) is 0 Å². The van der Waals surface area contributed by atoms with Crippen LogP contribution in [0.1, 0.15) is 20.3 Å². The lowest BCUT2D eigenvalue weighted by molar-refractivity contribution is 0.726. The minimum atomic E-state index is 1.06. The molecule has 0 radical (unpaired) electrons. The van der Waals surface area contributed by atoms with Gasteiger partial charge in [0.05, 0.1) is 0 Å².